The molecule has 0 atom stereocenters. The van der Waals surface area contributed by atoms with Gasteiger partial charge in [0.2, 0.25) is 0 Å². The molecular weight excluding hydrogens is 304 g/mol. The number of hydrogen-bond donors (Lipinski definition) is 1. The summed E-state index contributed by atoms with van der Waals surface area (Å²) in [4.78, 5) is 20.6. The Balaban J connectivity index is 1.97. The lowest BCUT2D eigenvalue weighted by Gasteiger charge is -2.08. The van der Waals surface area contributed by atoms with Gasteiger partial charge in [-0.25, -0.2) is 14.8 Å². The Labute approximate surface area is 139 Å². The van der Waals surface area contributed by atoms with Gasteiger partial charge in [0.05, 0.1) is 12.1 Å². The molecule has 0 fully saturated rings. The third-order valence-corrected chi connectivity index (χ3v) is 3.33. The summed E-state index contributed by atoms with van der Waals surface area (Å²) >= 11 is 0. The van der Waals surface area contributed by atoms with Crippen molar-refractivity contribution in [3.8, 4) is 0 Å². The fourth-order valence-electron chi connectivity index (χ4n) is 2.23. The molecule has 120 valence electrons. The molecule has 0 spiro atoms. The molecule has 3 rings (SSSR count). The highest BCUT2D eigenvalue weighted by Gasteiger charge is 2.15. The Kier molecular flexibility index (Phi) is 4.76. The minimum Gasteiger partial charge on any atom is -0.461 e. The molecule has 6 heteroatoms. The highest BCUT2D eigenvalue weighted by atomic mass is 16.5. The average Bonchev–Trinajstić information content (AvgIpc) is 2.63. The smallest absolute Gasteiger partial charge is 0.359 e. The van der Waals surface area contributed by atoms with Crippen molar-refractivity contribution >= 4 is 28.4 Å². The van der Waals surface area contributed by atoms with Crippen molar-refractivity contribution in [2.24, 2.45) is 5.10 Å². The summed E-state index contributed by atoms with van der Waals surface area (Å²) in [7, 11) is 0. The van der Waals surface area contributed by atoms with Crippen molar-refractivity contribution in [1.29, 1.82) is 0 Å². The summed E-state index contributed by atoms with van der Waals surface area (Å²) in [6.07, 6.45) is 1.45. The maximum Gasteiger partial charge on any atom is 0.359 e. The van der Waals surface area contributed by atoms with Gasteiger partial charge >= 0.3 is 5.97 Å². The number of para-hydroxylation sites is 1. The van der Waals surface area contributed by atoms with E-state index in [2.05, 4.69) is 20.5 Å². The van der Waals surface area contributed by atoms with Gasteiger partial charge in [-0.05, 0) is 19.1 Å². The summed E-state index contributed by atoms with van der Waals surface area (Å²) in [5.74, 6) is 0.0351. The maximum absolute atomic E-state index is 12.2. The third-order valence-electron chi connectivity index (χ3n) is 3.33. The number of hydrazone groups is 1. The maximum atomic E-state index is 12.2. The van der Waals surface area contributed by atoms with Gasteiger partial charge in [-0.3, -0.25) is 5.43 Å². The van der Waals surface area contributed by atoms with Crippen LogP contribution in [0.5, 0.6) is 0 Å². The van der Waals surface area contributed by atoms with Crippen LogP contribution in [0.15, 0.2) is 66.0 Å². The Morgan fingerprint density at radius 3 is 2.62 bits per heavy atom. The van der Waals surface area contributed by atoms with Crippen LogP contribution in [0.25, 0.3) is 10.9 Å². The number of hydrogen-bond acceptors (Lipinski definition) is 6. The van der Waals surface area contributed by atoms with Crippen LogP contribution in [0, 0.1) is 0 Å². The van der Waals surface area contributed by atoms with Crippen molar-refractivity contribution in [1.82, 2.24) is 9.97 Å². The molecule has 24 heavy (non-hydrogen) atoms. The minimum atomic E-state index is -0.491. The van der Waals surface area contributed by atoms with E-state index >= 15 is 0 Å². The van der Waals surface area contributed by atoms with E-state index in [0.717, 1.165) is 10.9 Å². The second-order valence-electron chi connectivity index (χ2n) is 4.90. The molecule has 0 saturated heterocycles. The van der Waals surface area contributed by atoms with Crippen LogP contribution in [-0.4, -0.2) is 28.3 Å². The number of rotatable bonds is 5. The van der Waals surface area contributed by atoms with E-state index in [1.165, 1.54) is 6.33 Å². The number of nitrogens with one attached hydrogen (secondary N) is 1. The summed E-state index contributed by atoms with van der Waals surface area (Å²) in [6, 6.07) is 16.7. The van der Waals surface area contributed by atoms with Gasteiger partial charge in [-0.1, -0.05) is 42.5 Å². The van der Waals surface area contributed by atoms with Crippen LogP contribution in [-0.2, 0) is 9.53 Å². The van der Waals surface area contributed by atoms with Gasteiger partial charge in [0.1, 0.15) is 6.33 Å². The van der Waals surface area contributed by atoms with Gasteiger partial charge < -0.3 is 4.74 Å². The summed E-state index contributed by atoms with van der Waals surface area (Å²) < 4.78 is 5.09. The molecule has 0 saturated carbocycles. The van der Waals surface area contributed by atoms with E-state index in [1.807, 2.05) is 42.5 Å². The highest BCUT2D eigenvalue weighted by Crippen LogP contribution is 2.18. The minimum absolute atomic E-state index is 0.195. The molecular formula is C18H16N4O2. The fraction of sp³-hybridized carbons (Fsp3) is 0.111. The van der Waals surface area contributed by atoms with Gasteiger partial charge in [-0.2, -0.15) is 5.10 Å². The number of carbonyl (C=O) groups excluding carboxylic acids is 1. The number of nitrogens with zero attached hydrogens (tertiary/aromatic N) is 3. The number of esters is 1. The van der Waals surface area contributed by atoms with Crippen molar-refractivity contribution in [3.05, 3.63) is 66.5 Å². The van der Waals surface area contributed by atoms with E-state index in [4.69, 9.17) is 4.74 Å². The summed E-state index contributed by atoms with van der Waals surface area (Å²) in [6.45, 7) is 2.03. The zero-order valence-corrected chi connectivity index (χ0v) is 13.1. The molecule has 0 aliphatic carbocycles. The van der Waals surface area contributed by atoms with Crippen LogP contribution in [0.3, 0.4) is 0 Å². The largest absolute Gasteiger partial charge is 0.461 e. The van der Waals surface area contributed by atoms with Gasteiger partial charge in [0.15, 0.2) is 11.5 Å². The standard InChI is InChI=1S/C18H16N4O2/c1-2-24-18(23)16(13-8-4-3-5-9-13)21-22-17-14-10-6-7-11-15(14)19-12-20-17/h3-12H,2H2,1H3,(H,19,20,22). The molecule has 0 radical (unpaired) electrons. The molecule has 3 aromatic rings. The second-order valence-corrected chi connectivity index (χ2v) is 4.90. The third kappa shape index (κ3) is 3.38. The van der Waals surface area contributed by atoms with Crippen LogP contribution in [0.4, 0.5) is 5.82 Å². The summed E-state index contributed by atoms with van der Waals surface area (Å²) in [5.41, 5.74) is 4.52. The molecule has 2 aromatic carbocycles. The predicted octanol–water partition coefficient (Wildman–Crippen LogP) is 3.01. The normalized spacial score (nSPS) is 11.3. The lowest BCUT2D eigenvalue weighted by atomic mass is 10.1. The van der Waals surface area contributed by atoms with Crippen molar-refractivity contribution in [3.63, 3.8) is 0 Å². The highest BCUT2D eigenvalue weighted by molar-refractivity contribution is 6.43. The van der Waals surface area contributed by atoms with Crippen molar-refractivity contribution in [2.75, 3.05) is 12.0 Å². The van der Waals surface area contributed by atoms with Crippen molar-refractivity contribution in [2.45, 2.75) is 6.92 Å². The van der Waals surface area contributed by atoms with Crippen LogP contribution in [0.1, 0.15) is 12.5 Å². The average molecular weight is 320 g/mol. The van der Waals surface area contributed by atoms with Gasteiger partial charge in [0.25, 0.3) is 0 Å². The fourth-order valence-corrected chi connectivity index (χ4v) is 2.23. The van der Waals surface area contributed by atoms with E-state index in [0.29, 0.717) is 11.4 Å². The molecule has 0 amide bonds. The number of anilines is 1. The number of fused-ring (bicyclic) bond motifs is 1. The summed E-state index contributed by atoms with van der Waals surface area (Å²) in [5, 5.41) is 5.05. The molecule has 0 aliphatic heterocycles. The van der Waals surface area contributed by atoms with Gasteiger partial charge in [0, 0.05) is 10.9 Å². The predicted molar refractivity (Wildman–Crippen MR) is 92.8 cm³/mol. The monoisotopic (exact) mass is 320 g/mol. The number of ether oxygens (including phenoxy) is 1. The van der Waals surface area contributed by atoms with Crippen LogP contribution < -0.4 is 5.43 Å². The Morgan fingerprint density at radius 1 is 1.08 bits per heavy atom. The topological polar surface area (TPSA) is 76.5 Å². The van der Waals surface area contributed by atoms with E-state index in [1.54, 1.807) is 19.1 Å². The van der Waals surface area contributed by atoms with Gasteiger partial charge in [-0.15, -0.1) is 0 Å². The quantitative estimate of drug-likeness (QED) is 0.444. The Bertz CT molecular complexity index is 873. The first kappa shape index (κ1) is 15.6. The molecule has 1 aromatic heterocycles. The number of benzene rings is 2. The first-order valence-corrected chi connectivity index (χ1v) is 7.55. The first-order valence-electron chi connectivity index (χ1n) is 7.55. The molecule has 1 heterocycles. The zero-order valence-electron chi connectivity index (χ0n) is 13.1. The number of aromatic nitrogens is 2. The van der Waals surface area contributed by atoms with E-state index < -0.39 is 5.97 Å². The molecule has 0 bridgehead atoms. The lowest BCUT2D eigenvalue weighted by molar-refractivity contribution is -0.134. The zero-order chi connectivity index (χ0) is 16.8. The SMILES string of the molecule is CCOC(=O)C(=NNc1ncnc2ccccc12)c1ccccc1. The van der Waals surface area contributed by atoms with E-state index in [-0.39, 0.29) is 12.3 Å². The second kappa shape index (κ2) is 7.32. The Morgan fingerprint density at radius 2 is 1.83 bits per heavy atom. The Hall–Kier alpha value is -3.28. The van der Waals surface area contributed by atoms with Crippen molar-refractivity contribution < 1.29 is 9.53 Å². The molecule has 0 aliphatic rings. The molecule has 0 unspecified atom stereocenters. The first-order chi connectivity index (χ1) is 11.8. The van der Waals surface area contributed by atoms with Crippen LogP contribution in [0.2, 0.25) is 0 Å². The van der Waals surface area contributed by atoms with E-state index in [9.17, 15) is 4.79 Å². The van der Waals surface area contributed by atoms with Crippen LogP contribution >= 0.6 is 0 Å². The molecule has 6 nitrogen and oxygen atoms in total. The number of carbonyl (C=O) groups is 1. The molecule has 1 N–H and O–H groups in total. The lowest BCUT2D eigenvalue weighted by Crippen LogP contribution is -2.20.